The average Bonchev–Trinajstić information content (AvgIpc) is 2.77. The van der Waals surface area contributed by atoms with Crippen LogP contribution in [0.15, 0.2) is 71.6 Å². The van der Waals surface area contributed by atoms with Gasteiger partial charge in [0.2, 0.25) is 5.91 Å². The normalized spacial score (nSPS) is 12.2. The fourth-order valence-corrected chi connectivity index (χ4v) is 4.17. The summed E-state index contributed by atoms with van der Waals surface area (Å²) < 4.78 is 37.7. The van der Waals surface area contributed by atoms with E-state index in [4.69, 9.17) is 9.47 Å². The van der Waals surface area contributed by atoms with Gasteiger partial charge in [0.1, 0.15) is 11.7 Å². The molecule has 3 aromatic rings. The second-order valence-electron chi connectivity index (χ2n) is 6.84. The predicted molar refractivity (Wildman–Crippen MR) is 116 cm³/mol. The largest absolute Gasteiger partial charge is 0.497 e. The minimum atomic E-state index is -4.17. The molecule has 0 fully saturated rings. The number of amides is 1. The molecule has 7 nitrogen and oxygen atoms in total. The number of benzene rings is 3. The van der Waals surface area contributed by atoms with Crippen molar-refractivity contribution in [2.75, 3.05) is 13.7 Å². The van der Waals surface area contributed by atoms with Crippen molar-refractivity contribution in [3.05, 3.63) is 72.3 Å². The van der Waals surface area contributed by atoms with Crippen molar-refractivity contribution in [2.45, 2.75) is 18.2 Å². The number of carbonyl (C=O) groups is 2. The summed E-state index contributed by atoms with van der Waals surface area (Å²) in [7, 11) is -2.65. The summed E-state index contributed by atoms with van der Waals surface area (Å²) in [5, 5.41) is 1.59. The van der Waals surface area contributed by atoms with Crippen molar-refractivity contribution in [3.8, 4) is 5.75 Å². The fraction of sp³-hybridized carbons (Fsp3) is 0.217. The Labute approximate surface area is 181 Å². The van der Waals surface area contributed by atoms with Crippen LogP contribution >= 0.6 is 0 Å². The van der Waals surface area contributed by atoms with Crippen molar-refractivity contribution in [2.24, 2.45) is 5.92 Å². The minimum Gasteiger partial charge on any atom is -0.497 e. The van der Waals surface area contributed by atoms with Gasteiger partial charge in [-0.25, -0.2) is 13.1 Å². The van der Waals surface area contributed by atoms with Crippen LogP contribution in [-0.4, -0.2) is 34.0 Å². The van der Waals surface area contributed by atoms with E-state index in [1.807, 2.05) is 16.9 Å². The summed E-state index contributed by atoms with van der Waals surface area (Å²) in [6.45, 7) is 1.69. The number of hydrogen-bond acceptors (Lipinski definition) is 6. The van der Waals surface area contributed by atoms with Crippen LogP contribution in [-0.2, 0) is 30.8 Å². The molecule has 3 rings (SSSR count). The zero-order valence-electron chi connectivity index (χ0n) is 17.2. The van der Waals surface area contributed by atoms with Gasteiger partial charge in [-0.15, -0.1) is 0 Å². The Morgan fingerprint density at radius 3 is 2.29 bits per heavy atom. The molecular formula is C23H23NO6S. The second-order valence-corrected chi connectivity index (χ2v) is 8.52. The van der Waals surface area contributed by atoms with Gasteiger partial charge in [0, 0.05) is 0 Å². The Balaban J connectivity index is 1.84. The maximum atomic E-state index is 12.8. The van der Waals surface area contributed by atoms with Crippen LogP contribution in [0.1, 0.15) is 12.5 Å². The van der Waals surface area contributed by atoms with Gasteiger partial charge in [-0.05, 0) is 53.9 Å². The lowest BCUT2D eigenvalue weighted by molar-refractivity contribution is -0.151. The van der Waals surface area contributed by atoms with E-state index in [1.165, 1.54) is 19.2 Å². The molecule has 8 heteroatoms. The maximum Gasteiger partial charge on any atom is 0.318 e. The van der Waals surface area contributed by atoms with Crippen LogP contribution in [0.25, 0.3) is 10.8 Å². The lowest BCUT2D eigenvalue weighted by atomic mass is 9.99. The number of sulfonamides is 1. The number of rotatable bonds is 8. The highest BCUT2D eigenvalue weighted by Crippen LogP contribution is 2.20. The molecule has 1 amide bonds. The molecule has 0 aliphatic carbocycles. The van der Waals surface area contributed by atoms with Gasteiger partial charge in [-0.1, -0.05) is 42.5 Å². The Kier molecular flexibility index (Phi) is 6.91. The van der Waals surface area contributed by atoms with Gasteiger partial charge < -0.3 is 9.47 Å². The quantitative estimate of drug-likeness (QED) is 0.426. The highest BCUT2D eigenvalue weighted by molar-refractivity contribution is 7.90. The first-order valence-corrected chi connectivity index (χ1v) is 11.2. The average molecular weight is 442 g/mol. The summed E-state index contributed by atoms with van der Waals surface area (Å²) in [5.74, 6) is -2.42. The van der Waals surface area contributed by atoms with E-state index in [0.29, 0.717) is 11.3 Å². The molecule has 1 N–H and O–H groups in total. The van der Waals surface area contributed by atoms with Crippen LogP contribution < -0.4 is 9.46 Å². The minimum absolute atomic E-state index is 0.0120. The zero-order valence-corrected chi connectivity index (χ0v) is 18.0. The van der Waals surface area contributed by atoms with Gasteiger partial charge in [-0.2, -0.15) is 0 Å². The Hall–Kier alpha value is -3.39. The molecule has 0 aliphatic heterocycles. The van der Waals surface area contributed by atoms with Crippen molar-refractivity contribution in [3.63, 3.8) is 0 Å². The number of carbonyl (C=O) groups excluding carboxylic acids is 2. The summed E-state index contributed by atoms with van der Waals surface area (Å²) in [6.07, 6.45) is -0.0120. The van der Waals surface area contributed by atoms with E-state index < -0.39 is 27.8 Å². The van der Waals surface area contributed by atoms with Gasteiger partial charge >= 0.3 is 5.97 Å². The highest BCUT2D eigenvalue weighted by atomic mass is 32.2. The van der Waals surface area contributed by atoms with Crippen LogP contribution in [0.3, 0.4) is 0 Å². The molecule has 31 heavy (non-hydrogen) atoms. The number of methoxy groups -OCH3 is 1. The predicted octanol–water partition coefficient (Wildman–Crippen LogP) is 3.08. The third-order valence-corrected chi connectivity index (χ3v) is 6.10. The van der Waals surface area contributed by atoms with Gasteiger partial charge in [0.25, 0.3) is 10.0 Å². The van der Waals surface area contributed by atoms with Crippen LogP contribution in [0.2, 0.25) is 0 Å². The molecule has 0 saturated carbocycles. The topological polar surface area (TPSA) is 98.8 Å². The van der Waals surface area contributed by atoms with Gasteiger partial charge in [-0.3, -0.25) is 9.59 Å². The molecular weight excluding hydrogens is 418 g/mol. The lowest BCUT2D eigenvalue weighted by Crippen LogP contribution is -2.40. The summed E-state index contributed by atoms with van der Waals surface area (Å²) in [5.41, 5.74) is 0.664. The monoisotopic (exact) mass is 441 g/mol. The molecule has 0 aromatic heterocycles. The molecule has 0 spiro atoms. The first kappa shape index (κ1) is 22.3. The van der Waals surface area contributed by atoms with Gasteiger partial charge in [0.05, 0.1) is 18.6 Å². The Morgan fingerprint density at radius 1 is 0.968 bits per heavy atom. The van der Waals surface area contributed by atoms with Crippen molar-refractivity contribution in [1.82, 2.24) is 4.72 Å². The number of esters is 1. The molecule has 1 atom stereocenters. The van der Waals surface area contributed by atoms with Crippen LogP contribution in [0.5, 0.6) is 5.75 Å². The SMILES string of the molecule is CCOC(=O)C(Cc1ccc(OC)cc1)C(=O)NS(=O)(=O)c1ccc2ccccc2c1. The number of nitrogens with one attached hydrogen (secondary N) is 1. The standard InChI is InChI=1S/C23H23NO6S/c1-3-30-23(26)21(14-16-8-11-19(29-2)12-9-16)22(25)24-31(27,28)20-13-10-17-6-4-5-7-18(17)15-20/h4-13,15,21H,3,14H2,1-2H3,(H,24,25). The van der Waals surface area contributed by atoms with E-state index in [1.54, 1.807) is 49.4 Å². The molecule has 162 valence electrons. The zero-order chi connectivity index (χ0) is 22.4. The van der Waals surface area contributed by atoms with Crippen LogP contribution in [0.4, 0.5) is 0 Å². The van der Waals surface area contributed by atoms with E-state index >= 15 is 0 Å². The molecule has 0 aliphatic rings. The molecule has 0 saturated heterocycles. The van der Waals surface area contributed by atoms with E-state index in [2.05, 4.69) is 0 Å². The number of fused-ring (bicyclic) bond motifs is 1. The van der Waals surface area contributed by atoms with Crippen molar-refractivity contribution >= 4 is 32.7 Å². The molecule has 3 aromatic carbocycles. The summed E-state index contributed by atoms with van der Waals surface area (Å²) in [4.78, 5) is 25.2. The first-order chi connectivity index (χ1) is 14.8. The van der Waals surface area contributed by atoms with E-state index in [9.17, 15) is 18.0 Å². The Morgan fingerprint density at radius 2 is 1.65 bits per heavy atom. The van der Waals surface area contributed by atoms with Crippen molar-refractivity contribution < 1.29 is 27.5 Å². The fourth-order valence-electron chi connectivity index (χ4n) is 3.12. The number of ether oxygens (including phenoxy) is 2. The van der Waals surface area contributed by atoms with Crippen molar-refractivity contribution in [1.29, 1.82) is 0 Å². The smallest absolute Gasteiger partial charge is 0.318 e. The third-order valence-electron chi connectivity index (χ3n) is 4.75. The lowest BCUT2D eigenvalue weighted by Gasteiger charge is -2.16. The van der Waals surface area contributed by atoms with E-state index in [0.717, 1.165) is 10.8 Å². The summed E-state index contributed by atoms with van der Waals surface area (Å²) in [6, 6.07) is 18.6. The molecule has 0 heterocycles. The Bertz CT molecular complexity index is 1190. The summed E-state index contributed by atoms with van der Waals surface area (Å²) >= 11 is 0. The highest BCUT2D eigenvalue weighted by Gasteiger charge is 2.32. The molecule has 0 radical (unpaired) electrons. The molecule has 0 bridgehead atoms. The third kappa shape index (κ3) is 5.40. The number of hydrogen-bond donors (Lipinski definition) is 1. The second kappa shape index (κ2) is 9.61. The van der Waals surface area contributed by atoms with Gasteiger partial charge in [0.15, 0.2) is 0 Å². The molecule has 1 unspecified atom stereocenters. The first-order valence-electron chi connectivity index (χ1n) is 9.69. The maximum absolute atomic E-state index is 12.8. The van der Waals surface area contributed by atoms with E-state index in [-0.39, 0.29) is 17.9 Å². The van der Waals surface area contributed by atoms with Crippen LogP contribution in [0, 0.1) is 5.92 Å².